The van der Waals surface area contributed by atoms with Crippen molar-refractivity contribution in [2.45, 2.75) is 24.7 Å². The molecule has 3 aliphatic rings. The second kappa shape index (κ2) is 3.00. The van der Waals surface area contributed by atoms with Crippen molar-refractivity contribution in [3.63, 3.8) is 0 Å². The van der Waals surface area contributed by atoms with Gasteiger partial charge < -0.3 is 4.74 Å². The molecule has 1 heterocycles. The molecule has 3 aliphatic carbocycles. The van der Waals surface area contributed by atoms with Gasteiger partial charge in [-0.3, -0.25) is 4.98 Å². The molecule has 2 bridgehead atoms. The molecule has 2 aromatic rings. The van der Waals surface area contributed by atoms with Crippen molar-refractivity contribution < 1.29 is 4.74 Å². The molecule has 17 heavy (non-hydrogen) atoms. The lowest BCUT2D eigenvalue weighted by Gasteiger charge is -2.62. The van der Waals surface area contributed by atoms with Gasteiger partial charge in [0.05, 0.1) is 12.6 Å². The van der Waals surface area contributed by atoms with Crippen molar-refractivity contribution in [2.24, 2.45) is 5.92 Å². The Bertz CT molecular complexity index is 588. The van der Waals surface area contributed by atoms with E-state index in [-0.39, 0.29) is 0 Å². The minimum atomic E-state index is 0.514. The standard InChI is InChI=1S/C15H15NO/c1-17-14-4-5-16-13-3-2-11(6-12(13)14)15-7-10(8-15)9-15/h2-6,10H,7-9H2,1H3. The average molecular weight is 225 g/mol. The number of nitrogens with zero attached hydrogens (tertiary/aromatic N) is 1. The van der Waals surface area contributed by atoms with Gasteiger partial charge >= 0.3 is 0 Å². The molecule has 2 heteroatoms. The van der Waals surface area contributed by atoms with Gasteiger partial charge in [0.15, 0.2) is 0 Å². The Morgan fingerprint density at radius 1 is 1.24 bits per heavy atom. The molecule has 3 fully saturated rings. The number of methoxy groups -OCH3 is 1. The Balaban J connectivity index is 1.90. The van der Waals surface area contributed by atoms with Crippen molar-refractivity contribution >= 4 is 10.9 Å². The predicted molar refractivity (Wildman–Crippen MR) is 67.3 cm³/mol. The second-order valence-corrected chi connectivity index (χ2v) is 5.50. The van der Waals surface area contributed by atoms with Gasteiger partial charge in [-0.2, -0.15) is 0 Å². The molecule has 0 unspecified atom stereocenters. The Morgan fingerprint density at radius 3 is 2.71 bits per heavy atom. The first-order valence-corrected chi connectivity index (χ1v) is 6.24. The van der Waals surface area contributed by atoms with E-state index in [0.717, 1.165) is 22.6 Å². The summed E-state index contributed by atoms with van der Waals surface area (Å²) < 4.78 is 5.42. The van der Waals surface area contributed by atoms with E-state index in [1.54, 1.807) is 7.11 Å². The van der Waals surface area contributed by atoms with Crippen LogP contribution in [0, 0.1) is 5.92 Å². The van der Waals surface area contributed by atoms with Gasteiger partial charge in [-0.05, 0) is 54.4 Å². The summed E-state index contributed by atoms with van der Waals surface area (Å²) in [6.45, 7) is 0. The first kappa shape index (κ1) is 9.46. The summed E-state index contributed by atoms with van der Waals surface area (Å²) in [7, 11) is 1.72. The highest BCUT2D eigenvalue weighted by molar-refractivity contribution is 5.85. The van der Waals surface area contributed by atoms with Crippen LogP contribution in [-0.2, 0) is 5.41 Å². The normalized spacial score (nSPS) is 29.6. The maximum absolute atomic E-state index is 5.42. The minimum Gasteiger partial charge on any atom is -0.496 e. The van der Waals surface area contributed by atoms with Crippen molar-refractivity contribution in [1.82, 2.24) is 4.98 Å². The highest BCUT2D eigenvalue weighted by Crippen LogP contribution is 2.65. The van der Waals surface area contributed by atoms with Crippen molar-refractivity contribution in [3.05, 3.63) is 36.0 Å². The molecule has 1 aromatic heterocycles. The maximum atomic E-state index is 5.42. The zero-order chi connectivity index (χ0) is 11.5. The predicted octanol–water partition coefficient (Wildman–Crippen LogP) is 3.29. The van der Waals surface area contributed by atoms with Crippen LogP contribution in [0.1, 0.15) is 24.8 Å². The van der Waals surface area contributed by atoms with E-state index < -0.39 is 0 Å². The molecular formula is C15H15NO. The van der Waals surface area contributed by atoms with Gasteiger partial charge in [0.25, 0.3) is 0 Å². The van der Waals surface area contributed by atoms with Gasteiger partial charge in [0, 0.05) is 11.6 Å². The third-order valence-corrected chi connectivity index (χ3v) is 4.57. The third-order valence-electron chi connectivity index (χ3n) is 4.57. The zero-order valence-electron chi connectivity index (χ0n) is 9.94. The Labute approximate surface area is 101 Å². The monoisotopic (exact) mass is 225 g/mol. The third kappa shape index (κ3) is 1.13. The van der Waals surface area contributed by atoms with E-state index >= 15 is 0 Å². The number of aromatic nitrogens is 1. The first-order valence-electron chi connectivity index (χ1n) is 6.24. The Morgan fingerprint density at radius 2 is 2.06 bits per heavy atom. The number of rotatable bonds is 2. The minimum absolute atomic E-state index is 0.514. The topological polar surface area (TPSA) is 22.1 Å². The molecule has 0 spiro atoms. The van der Waals surface area contributed by atoms with Gasteiger partial charge in [0.2, 0.25) is 0 Å². The molecule has 0 saturated heterocycles. The molecule has 5 rings (SSSR count). The van der Waals surface area contributed by atoms with Crippen LogP contribution in [0.4, 0.5) is 0 Å². The SMILES string of the molecule is COc1ccnc2ccc(C34CC(C3)C4)cc12. The highest BCUT2D eigenvalue weighted by atomic mass is 16.5. The van der Waals surface area contributed by atoms with E-state index in [4.69, 9.17) is 4.74 Å². The van der Waals surface area contributed by atoms with Crippen LogP contribution in [0.25, 0.3) is 10.9 Å². The number of fused-ring (bicyclic) bond motifs is 1. The summed E-state index contributed by atoms with van der Waals surface area (Å²) in [5, 5.41) is 1.15. The lowest BCUT2D eigenvalue weighted by Crippen LogP contribution is -2.55. The molecule has 0 aliphatic heterocycles. The van der Waals surface area contributed by atoms with Gasteiger partial charge in [-0.1, -0.05) is 6.07 Å². The molecule has 2 nitrogen and oxygen atoms in total. The van der Waals surface area contributed by atoms with Crippen molar-refractivity contribution in [1.29, 1.82) is 0 Å². The van der Waals surface area contributed by atoms with Crippen LogP contribution in [0.15, 0.2) is 30.5 Å². The number of pyridine rings is 1. The fraction of sp³-hybridized carbons (Fsp3) is 0.400. The number of ether oxygens (including phenoxy) is 1. The van der Waals surface area contributed by atoms with Crippen LogP contribution in [0.3, 0.4) is 0 Å². The van der Waals surface area contributed by atoms with Crippen LogP contribution in [0.2, 0.25) is 0 Å². The Kier molecular flexibility index (Phi) is 1.67. The Hall–Kier alpha value is -1.57. The quantitative estimate of drug-likeness (QED) is 0.782. The molecule has 3 saturated carbocycles. The smallest absolute Gasteiger partial charge is 0.129 e. The van der Waals surface area contributed by atoms with Crippen molar-refractivity contribution in [2.75, 3.05) is 7.11 Å². The number of benzene rings is 1. The fourth-order valence-corrected chi connectivity index (χ4v) is 3.46. The van der Waals surface area contributed by atoms with E-state index in [9.17, 15) is 0 Å². The van der Waals surface area contributed by atoms with Gasteiger partial charge in [0.1, 0.15) is 5.75 Å². The zero-order valence-corrected chi connectivity index (χ0v) is 9.94. The summed E-state index contributed by atoms with van der Waals surface area (Å²) in [4.78, 5) is 4.39. The molecular weight excluding hydrogens is 210 g/mol. The average Bonchev–Trinajstić information content (AvgIpc) is 2.24. The first-order chi connectivity index (χ1) is 8.31. The molecule has 1 aromatic carbocycles. The van der Waals surface area contributed by atoms with Gasteiger partial charge in [-0.25, -0.2) is 0 Å². The van der Waals surface area contributed by atoms with E-state index in [1.165, 1.54) is 24.8 Å². The van der Waals surface area contributed by atoms with Crippen LogP contribution in [-0.4, -0.2) is 12.1 Å². The van der Waals surface area contributed by atoms with Crippen molar-refractivity contribution in [3.8, 4) is 5.75 Å². The maximum Gasteiger partial charge on any atom is 0.129 e. The molecule has 0 N–H and O–H groups in total. The molecule has 0 radical (unpaired) electrons. The van der Waals surface area contributed by atoms with Crippen LogP contribution < -0.4 is 4.74 Å². The summed E-state index contributed by atoms with van der Waals surface area (Å²) in [6.07, 6.45) is 5.98. The second-order valence-electron chi connectivity index (χ2n) is 5.50. The molecule has 86 valence electrons. The summed E-state index contributed by atoms with van der Waals surface area (Å²) in [5.41, 5.74) is 3.03. The van der Waals surface area contributed by atoms with Crippen LogP contribution in [0.5, 0.6) is 5.75 Å². The van der Waals surface area contributed by atoms with Gasteiger partial charge in [-0.15, -0.1) is 0 Å². The van der Waals surface area contributed by atoms with E-state index in [1.807, 2.05) is 12.3 Å². The summed E-state index contributed by atoms with van der Waals surface area (Å²) in [5.74, 6) is 1.95. The fourth-order valence-electron chi connectivity index (χ4n) is 3.46. The lowest BCUT2D eigenvalue weighted by molar-refractivity contribution is -0.0273. The number of hydrogen-bond acceptors (Lipinski definition) is 2. The summed E-state index contributed by atoms with van der Waals surface area (Å²) in [6, 6.07) is 8.61. The highest BCUT2D eigenvalue weighted by Gasteiger charge is 2.57. The van der Waals surface area contributed by atoms with E-state index in [0.29, 0.717) is 5.41 Å². The molecule has 0 amide bonds. The van der Waals surface area contributed by atoms with Crippen LogP contribution >= 0.6 is 0 Å². The summed E-state index contributed by atoms with van der Waals surface area (Å²) >= 11 is 0. The lowest BCUT2D eigenvalue weighted by atomic mass is 9.42. The molecule has 0 atom stereocenters. The largest absolute Gasteiger partial charge is 0.496 e. The van der Waals surface area contributed by atoms with E-state index in [2.05, 4.69) is 23.2 Å². The number of hydrogen-bond donors (Lipinski definition) is 0.